The fourth-order valence-electron chi connectivity index (χ4n) is 2.99. The predicted molar refractivity (Wildman–Crippen MR) is 111 cm³/mol. The van der Waals surface area contributed by atoms with Gasteiger partial charge in [-0.3, -0.25) is 9.69 Å². The van der Waals surface area contributed by atoms with Gasteiger partial charge in [0.25, 0.3) is 0 Å². The minimum atomic E-state index is -0.0635. The molecule has 5 nitrogen and oxygen atoms in total. The Morgan fingerprint density at radius 1 is 1.07 bits per heavy atom. The van der Waals surface area contributed by atoms with E-state index in [1.54, 1.807) is 6.08 Å². The summed E-state index contributed by atoms with van der Waals surface area (Å²) in [7, 11) is 0. The highest BCUT2D eigenvalue weighted by Gasteiger charge is 2.09. The van der Waals surface area contributed by atoms with Gasteiger partial charge in [0.2, 0.25) is 5.91 Å². The maximum absolute atomic E-state index is 11.9. The number of hydrogen-bond donors (Lipinski definition) is 1. The van der Waals surface area contributed by atoms with Crippen molar-refractivity contribution < 1.29 is 14.3 Å². The number of nitrogens with one attached hydrogen (secondary N) is 1. The van der Waals surface area contributed by atoms with Gasteiger partial charge in [-0.25, -0.2) is 0 Å². The minimum absolute atomic E-state index is 0.0635. The summed E-state index contributed by atoms with van der Waals surface area (Å²) in [4.78, 5) is 14.3. The van der Waals surface area contributed by atoms with Crippen LogP contribution in [-0.4, -0.2) is 50.2 Å². The molecule has 1 heterocycles. The molecule has 0 radical (unpaired) electrons. The van der Waals surface area contributed by atoms with E-state index in [2.05, 4.69) is 10.2 Å². The Morgan fingerprint density at radius 3 is 2.57 bits per heavy atom. The lowest BCUT2D eigenvalue weighted by Gasteiger charge is -2.26. The number of nitrogens with zero attached hydrogens (tertiary/aromatic N) is 1. The average molecular weight is 380 g/mol. The number of carbonyl (C=O) groups excluding carboxylic acids is 1. The van der Waals surface area contributed by atoms with Crippen LogP contribution in [0, 0.1) is 0 Å². The Labute approximate surface area is 167 Å². The normalized spacial score (nSPS) is 14.9. The number of carbonyl (C=O) groups is 1. The van der Waals surface area contributed by atoms with Crippen molar-refractivity contribution in [3.63, 3.8) is 0 Å². The van der Waals surface area contributed by atoms with Gasteiger partial charge in [0.15, 0.2) is 0 Å². The summed E-state index contributed by atoms with van der Waals surface area (Å²) >= 11 is 0. The molecule has 28 heavy (non-hydrogen) atoms. The standard InChI is InChI=1S/C23H28N2O3/c26-23(24-13-4-14-25-15-17-27-18-16-25)12-9-20-7-10-22(11-8-20)28-19-21-5-2-1-3-6-21/h1-3,5-12H,4,13-19H2,(H,24,26)/b12-9+. The lowest BCUT2D eigenvalue weighted by atomic mass is 10.2. The van der Waals surface area contributed by atoms with Gasteiger partial charge in [-0.05, 0) is 42.3 Å². The van der Waals surface area contributed by atoms with Crippen molar-refractivity contribution >= 4 is 12.0 Å². The number of amides is 1. The van der Waals surface area contributed by atoms with E-state index in [1.807, 2.05) is 60.7 Å². The van der Waals surface area contributed by atoms with Gasteiger partial charge < -0.3 is 14.8 Å². The lowest BCUT2D eigenvalue weighted by molar-refractivity contribution is -0.116. The zero-order valence-electron chi connectivity index (χ0n) is 16.2. The van der Waals surface area contributed by atoms with Crippen LogP contribution >= 0.6 is 0 Å². The van der Waals surface area contributed by atoms with E-state index >= 15 is 0 Å². The summed E-state index contributed by atoms with van der Waals surface area (Å²) in [6.45, 7) is 5.82. The van der Waals surface area contributed by atoms with E-state index in [0.717, 1.165) is 56.1 Å². The number of rotatable bonds is 9. The predicted octanol–water partition coefficient (Wildman–Crippen LogP) is 3.12. The molecule has 1 aliphatic heterocycles. The van der Waals surface area contributed by atoms with Crippen molar-refractivity contribution in [2.75, 3.05) is 39.4 Å². The first-order chi connectivity index (χ1) is 13.8. The highest BCUT2D eigenvalue weighted by Crippen LogP contribution is 2.15. The molecule has 0 bridgehead atoms. The molecule has 1 amide bonds. The summed E-state index contributed by atoms with van der Waals surface area (Å²) in [5.41, 5.74) is 2.10. The van der Waals surface area contributed by atoms with Gasteiger partial charge in [-0.2, -0.15) is 0 Å². The summed E-state index contributed by atoms with van der Waals surface area (Å²) in [6, 6.07) is 17.8. The van der Waals surface area contributed by atoms with Gasteiger partial charge in [-0.15, -0.1) is 0 Å². The van der Waals surface area contributed by atoms with Crippen LogP contribution in [0.1, 0.15) is 17.5 Å². The Balaban J connectivity index is 1.34. The van der Waals surface area contributed by atoms with E-state index in [-0.39, 0.29) is 5.91 Å². The van der Waals surface area contributed by atoms with Crippen LogP contribution in [0.2, 0.25) is 0 Å². The molecule has 0 aromatic heterocycles. The number of ether oxygens (including phenoxy) is 2. The first-order valence-corrected chi connectivity index (χ1v) is 9.82. The first-order valence-electron chi connectivity index (χ1n) is 9.82. The first kappa shape index (κ1) is 20.1. The molecule has 5 heteroatoms. The molecule has 1 fully saturated rings. The Bertz CT molecular complexity index is 738. The highest BCUT2D eigenvalue weighted by molar-refractivity contribution is 5.91. The number of hydrogen-bond acceptors (Lipinski definition) is 4. The highest BCUT2D eigenvalue weighted by atomic mass is 16.5. The van der Waals surface area contributed by atoms with Crippen LogP contribution in [0.15, 0.2) is 60.7 Å². The zero-order chi connectivity index (χ0) is 19.4. The van der Waals surface area contributed by atoms with E-state index < -0.39 is 0 Å². The Hall–Kier alpha value is -2.63. The van der Waals surface area contributed by atoms with Crippen molar-refractivity contribution in [3.05, 3.63) is 71.8 Å². The minimum Gasteiger partial charge on any atom is -0.489 e. The molecule has 1 N–H and O–H groups in total. The van der Waals surface area contributed by atoms with Crippen molar-refractivity contribution in [2.24, 2.45) is 0 Å². The molecule has 0 saturated carbocycles. The van der Waals surface area contributed by atoms with Crippen LogP contribution in [0.5, 0.6) is 5.75 Å². The lowest BCUT2D eigenvalue weighted by Crippen LogP contribution is -2.38. The van der Waals surface area contributed by atoms with Crippen molar-refractivity contribution in [3.8, 4) is 5.75 Å². The topological polar surface area (TPSA) is 50.8 Å². The summed E-state index contributed by atoms with van der Waals surface area (Å²) in [6.07, 6.45) is 4.35. The number of morpholine rings is 1. The molecule has 0 aliphatic carbocycles. The van der Waals surface area contributed by atoms with Gasteiger partial charge in [0.1, 0.15) is 12.4 Å². The van der Waals surface area contributed by atoms with Crippen LogP contribution in [0.3, 0.4) is 0 Å². The zero-order valence-corrected chi connectivity index (χ0v) is 16.2. The fourth-order valence-corrected chi connectivity index (χ4v) is 2.99. The van der Waals surface area contributed by atoms with E-state index in [1.165, 1.54) is 0 Å². The molecule has 2 aromatic carbocycles. The molecule has 1 aliphatic rings. The molecule has 3 rings (SSSR count). The van der Waals surface area contributed by atoms with E-state index in [0.29, 0.717) is 13.2 Å². The molecule has 2 aromatic rings. The second-order valence-corrected chi connectivity index (χ2v) is 6.78. The fraction of sp³-hybridized carbons (Fsp3) is 0.348. The van der Waals surface area contributed by atoms with Gasteiger partial charge >= 0.3 is 0 Å². The third-order valence-electron chi connectivity index (χ3n) is 4.61. The van der Waals surface area contributed by atoms with Crippen LogP contribution in [0.25, 0.3) is 6.08 Å². The smallest absolute Gasteiger partial charge is 0.243 e. The molecule has 0 spiro atoms. The largest absolute Gasteiger partial charge is 0.489 e. The Morgan fingerprint density at radius 2 is 1.82 bits per heavy atom. The summed E-state index contributed by atoms with van der Waals surface area (Å²) in [5, 5.41) is 2.93. The molecule has 0 atom stereocenters. The maximum atomic E-state index is 11.9. The van der Waals surface area contributed by atoms with Crippen molar-refractivity contribution in [1.29, 1.82) is 0 Å². The van der Waals surface area contributed by atoms with Crippen molar-refractivity contribution in [1.82, 2.24) is 10.2 Å². The third-order valence-corrected chi connectivity index (χ3v) is 4.61. The van der Waals surface area contributed by atoms with Crippen molar-refractivity contribution in [2.45, 2.75) is 13.0 Å². The Kier molecular flexibility index (Phi) is 8.09. The van der Waals surface area contributed by atoms with Gasteiger partial charge in [0.05, 0.1) is 13.2 Å². The SMILES string of the molecule is O=C(/C=C/c1ccc(OCc2ccccc2)cc1)NCCCN1CCOCC1. The van der Waals surface area contributed by atoms with E-state index in [4.69, 9.17) is 9.47 Å². The van der Waals surface area contributed by atoms with Gasteiger partial charge in [-0.1, -0.05) is 42.5 Å². The van der Waals surface area contributed by atoms with Gasteiger partial charge in [0, 0.05) is 25.7 Å². The molecular weight excluding hydrogens is 352 g/mol. The molecule has 0 unspecified atom stereocenters. The monoisotopic (exact) mass is 380 g/mol. The quantitative estimate of drug-likeness (QED) is 0.536. The molecule has 1 saturated heterocycles. The van der Waals surface area contributed by atoms with Crippen LogP contribution in [0.4, 0.5) is 0 Å². The second kappa shape index (κ2) is 11.3. The summed E-state index contributed by atoms with van der Waals surface area (Å²) in [5.74, 6) is 0.750. The maximum Gasteiger partial charge on any atom is 0.243 e. The van der Waals surface area contributed by atoms with Crippen LogP contribution in [-0.2, 0) is 16.1 Å². The number of benzene rings is 2. The summed E-state index contributed by atoms with van der Waals surface area (Å²) < 4.78 is 11.1. The average Bonchev–Trinajstić information content (AvgIpc) is 2.76. The van der Waals surface area contributed by atoms with Crippen LogP contribution < -0.4 is 10.1 Å². The van der Waals surface area contributed by atoms with E-state index in [9.17, 15) is 4.79 Å². The molecule has 148 valence electrons. The third kappa shape index (κ3) is 7.18. The molecular formula is C23H28N2O3. The second-order valence-electron chi connectivity index (χ2n) is 6.78.